The SMILES string of the molecule is COc1ccc(N(C(C)=O)C(C2CO2)C(F)(F)F)cc1. The molecule has 0 N–H and O–H groups in total. The van der Waals surface area contributed by atoms with Gasteiger partial charge < -0.3 is 9.47 Å². The third-order valence-electron chi connectivity index (χ3n) is 3.01. The molecule has 2 atom stereocenters. The highest BCUT2D eigenvalue weighted by atomic mass is 19.4. The third-order valence-corrected chi connectivity index (χ3v) is 3.01. The summed E-state index contributed by atoms with van der Waals surface area (Å²) in [6.45, 7) is 1.11. The van der Waals surface area contributed by atoms with E-state index in [0.717, 1.165) is 11.8 Å². The number of carbonyl (C=O) groups excluding carboxylic acids is 1. The molecule has 1 fully saturated rings. The summed E-state index contributed by atoms with van der Waals surface area (Å²) in [5.74, 6) is -0.184. The summed E-state index contributed by atoms with van der Waals surface area (Å²) >= 11 is 0. The number of nitrogens with zero attached hydrogens (tertiary/aromatic N) is 1. The summed E-state index contributed by atoms with van der Waals surface area (Å²) in [6, 6.07) is 3.88. The van der Waals surface area contributed by atoms with E-state index in [1.54, 1.807) is 0 Å². The van der Waals surface area contributed by atoms with Crippen LogP contribution < -0.4 is 9.64 Å². The van der Waals surface area contributed by atoms with E-state index in [1.807, 2.05) is 0 Å². The summed E-state index contributed by atoms with van der Waals surface area (Å²) in [6.07, 6.45) is -5.55. The number of hydrogen-bond donors (Lipinski definition) is 0. The number of methoxy groups -OCH3 is 1. The first kappa shape index (κ1) is 14.6. The van der Waals surface area contributed by atoms with Crippen molar-refractivity contribution < 1.29 is 27.4 Å². The number of rotatable bonds is 4. The third kappa shape index (κ3) is 3.04. The van der Waals surface area contributed by atoms with Crippen molar-refractivity contribution in [2.75, 3.05) is 18.6 Å². The fourth-order valence-electron chi connectivity index (χ4n) is 2.04. The number of halogens is 3. The Morgan fingerprint density at radius 2 is 1.95 bits per heavy atom. The molecule has 110 valence electrons. The van der Waals surface area contributed by atoms with Gasteiger partial charge in [0, 0.05) is 12.6 Å². The first-order valence-electron chi connectivity index (χ1n) is 5.96. The average molecular weight is 289 g/mol. The van der Waals surface area contributed by atoms with Gasteiger partial charge in [0.15, 0.2) is 6.04 Å². The van der Waals surface area contributed by atoms with Crippen LogP contribution in [-0.4, -0.2) is 37.9 Å². The lowest BCUT2D eigenvalue weighted by molar-refractivity contribution is -0.157. The molecule has 1 heterocycles. The van der Waals surface area contributed by atoms with Crippen molar-refractivity contribution in [3.63, 3.8) is 0 Å². The molecule has 2 rings (SSSR count). The van der Waals surface area contributed by atoms with Crippen LogP contribution in [0.15, 0.2) is 24.3 Å². The Hall–Kier alpha value is -1.76. The van der Waals surface area contributed by atoms with Crippen LogP contribution in [0, 0.1) is 0 Å². The monoisotopic (exact) mass is 289 g/mol. The van der Waals surface area contributed by atoms with Gasteiger partial charge in [-0.05, 0) is 24.3 Å². The second-order valence-corrected chi connectivity index (χ2v) is 4.45. The normalized spacial score (nSPS) is 19.4. The lowest BCUT2D eigenvalue weighted by Crippen LogP contribution is -2.51. The van der Waals surface area contributed by atoms with Crippen LogP contribution in [0.1, 0.15) is 6.92 Å². The molecule has 20 heavy (non-hydrogen) atoms. The zero-order chi connectivity index (χ0) is 14.9. The number of ether oxygens (including phenoxy) is 2. The van der Waals surface area contributed by atoms with Crippen LogP contribution in [0.4, 0.5) is 18.9 Å². The number of anilines is 1. The van der Waals surface area contributed by atoms with Gasteiger partial charge >= 0.3 is 6.18 Å². The van der Waals surface area contributed by atoms with Crippen LogP contribution in [0.2, 0.25) is 0 Å². The van der Waals surface area contributed by atoms with Crippen molar-refractivity contribution >= 4 is 11.6 Å². The fourth-order valence-corrected chi connectivity index (χ4v) is 2.04. The second kappa shape index (κ2) is 5.32. The summed E-state index contributed by atoms with van der Waals surface area (Å²) in [5, 5.41) is 0. The van der Waals surface area contributed by atoms with E-state index in [0.29, 0.717) is 5.75 Å². The molecule has 1 aliphatic rings. The molecule has 1 aliphatic heterocycles. The maximum Gasteiger partial charge on any atom is 0.411 e. The Labute approximate surface area is 114 Å². The van der Waals surface area contributed by atoms with Gasteiger partial charge in [0.2, 0.25) is 5.91 Å². The molecule has 2 unspecified atom stereocenters. The minimum absolute atomic E-state index is 0.00408. The van der Waals surface area contributed by atoms with Crippen molar-refractivity contribution in [1.29, 1.82) is 0 Å². The van der Waals surface area contributed by atoms with Crippen molar-refractivity contribution in [3.05, 3.63) is 24.3 Å². The smallest absolute Gasteiger partial charge is 0.411 e. The molecule has 1 aromatic rings. The molecule has 1 saturated heterocycles. The Morgan fingerprint density at radius 1 is 1.40 bits per heavy atom. The van der Waals surface area contributed by atoms with Crippen molar-refractivity contribution in [1.82, 2.24) is 0 Å². The van der Waals surface area contributed by atoms with Crippen LogP contribution >= 0.6 is 0 Å². The zero-order valence-corrected chi connectivity index (χ0v) is 11.0. The van der Waals surface area contributed by atoms with Crippen molar-refractivity contribution in [3.8, 4) is 5.75 Å². The standard InChI is InChI=1S/C13H14F3NO3/c1-8(18)17(9-3-5-10(19-2)6-4-9)12(11-7-20-11)13(14,15)16/h3-6,11-12H,7H2,1-2H3. The lowest BCUT2D eigenvalue weighted by atomic mass is 10.1. The maximum atomic E-state index is 13.2. The van der Waals surface area contributed by atoms with Gasteiger partial charge in [-0.15, -0.1) is 0 Å². The summed E-state index contributed by atoms with van der Waals surface area (Å²) in [7, 11) is 1.45. The number of alkyl halides is 3. The van der Waals surface area contributed by atoms with Crippen LogP contribution in [0.5, 0.6) is 5.75 Å². The predicted octanol–water partition coefficient (Wildman–Crippen LogP) is 2.38. The molecular weight excluding hydrogens is 275 g/mol. The van der Waals surface area contributed by atoms with E-state index in [2.05, 4.69) is 0 Å². The molecule has 1 amide bonds. The quantitative estimate of drug-likeness (QED) is 0.799. The van der Waals surface area contributed by atoms with E-state index in [9.17, 15) is 18.0 Å². The Kier molecular flexibility index (Phi) is 3.89. The van der Waals surface area contributed by atoms with Gasteiger partial charge in [-0.1, -0.05) is 0 Å². The van der Waals surface area contributed by atoms with Gasteiger partial charge in [-0.2, -0.15) is 13.2 Å². The van der Waals surface area contributed by atoms with Crippen LogP contribution in [-0.2, 0) is 9.53 Å². The maximum absolute atomic E-state index is 13.2. The first-order chi connectivity index (χ1) is 9.34. The van der Waals surface area contributed by atoms with Gasteiger partial charge in [0.25, 0.3) is 0 Å². The van der Waals surface area contributed by atoms with Gasteiger partial charge in [-0.3, -0.25) is 9.69 Å². The second-order valence-electron chi connectivity index (χ2n) is 4.45. The molecule has 0 bridgehead atoms. The molecule has 7 heteroatoms. The Bertz CT molecular complexity index is 483. The molecule has 0 aromatic heterocycles. The zero-order valence-electron chi connectivity index (χ0n) is 11.0. The predicted molar refractivity (Wildman–Crippen MR) is 65.7 cm³/mol. The highest BCUT2D eigenvalue weighted by molar-refractivity contribution is 5.92. The molecule has 0 aliphatic carbocycles. The van der Waals surface area contributed by atoms with E-state index < -0.39 is 24.2 Å². The largest absolute Gasteiger partial charge is 0.497 e. The summed E-state index contributed by atoms with van der Waals surface area (Å²) in [4.78, 5) is 12.4. The van der Waals surface area contributed by atoms with E-state index in [-0.39, 0.29) is 12.3 Å². The van der Waals surface area contributed by atoms with E-state index in [4.69, 9.17) is 9.47 Å². The number of amides is 1. The van der Waals surface area contributed by atoms with Crippen LogP contribution in [0.3, 0.4) is 0 Å². The van der Waals surface area contributed by atoms with Gasteiger partial charge in [0.05, 0.1) is 13.7 Å². The molecule has 0 spiro atoms. The van der Waals surface area contributed by atoms with Crippen LogP contribution in [0.25, 0.3) is 0 Å². The molecule has 0 radical (unpaired) electrons. The van der Waals surface area contributed by atoms with E-state index in [1.165, 1.54) is 31.4 Å². The van der Waals surface area contributed by atoms with Crippen molar-refractivity contribution in [2.45, 2.75) is 25.2 Å². The van der Waals surface area contributed by atoms with Crippen molar-refractivity contribution in [2.24, 2.45) is 0 Å². The Balaban J connectivity index is 2.36. The number of benzene rings is 1. The summed E-state index contributed by atoms with van der Waals surface area (Å²) < 4.78 is 49.2. The number of carbonyl (C=O) groups is 1. The molecular formula is C13H14F3NO3. The van der Waals surface area contributed by atoms with Gasteiger partial charge in [-0.25, -0.2) is 0 Å². The summed E-state index contributed by atoms with van der Waals surface area (Å²) in [5.41, 5.74) is 0.163. The highest BCUT2D eigenvalue weighted by Crippen LogP contribution is 2.36. The van der Waals surface area contributed by atoms with E-state index >= 15 is 0 Å². The highest BCUT2D eigenvalue weighted by Gasteiger charge is 2.54. The molecule has 4 nitrogen and oxygen atoms in total. The fraction of sp³-hybridized carbons (Fsp3) is 0.462. The average Bonchev–Trinajstić information content (AvgIpc) is 3.18. The number of epoxide rings is 1. The number of hydrogen-bond acceptors (Lipinski definition) is 3. The topological polar surface area (TPSA) is 42.1 Å². The van der Waals surface area contributed by atoms with Gasteiger partial charge in [0.1, 0.15) is 11.9 Å². The molecule has 1 aromatic carbocycles. The minimum Gasteiger partial charge on any atom is -0.497 e. The Morgan fingerprint density at radius 3 is 2.30 bits per heavy atom. The molecule has 0 saturated carbocycles. The first-order valence-corrected chi connectivity index (χ1v) is 5.96. The minimum atomic E-state index is -4.55. The lowest BCUT2D eigenvalue weighted by Gasteiger charge is -2.31.